The van der Waals surface area contributed by atoms with Gasteiger partial charge in [-0.15, -0.1) is 0 Å². The van der Waals surface area contributed by atoms with Gasteiger partial charge >= 0.3 is 6.18 Å². The van der Waals surface area contributed by atoms with E-state index in [-0.39, 0.29) is 24.4 Å². The van der Waals surface area contributed by atoms with Crippen LogP contribution in [0.15, 0.2) is 36.4 Å². The lowest BCUT2D eigenvalue weighted by molar-refractivity contribution is -0.140. The number of halogens is 6. The van der Waals surface area contributed by atoms with Gasteiger partial charge in [-0.05, 0) is 35.4 Å². The van der Waals surface area contributed by atoms with Crippen LogP contribution in [0.2, 0.25) is 10.0 Å². The van der Waals surface area contributed by atoms with E-state index in [1.165, 1.54) is 18.0 Å². The van der Waals surface area contributed by atoms with E-state index in [1.54, 1.807) is 18.2 Å². The molecule has 0 N–H and O–H groups in total. The molecule has 0 atom stereocenters. The molecule has 2 rings (SSSR count). The predicted octanol–water partition coefficient (Wildman–Crippen LogP) is 5.35. The summed E-state index contributed by atoms with van der Waals surface area (Å²) in [5.74, 6) is -1.67. The SMILES string of the molecule is CN(Cc1ccc(F)c(C(F)(F)F)c1)C(=O)Cc1ccc(Cl)c(Cl)c1. The summed E-state index contributed by atoms with van der Waals surface area (Å²) >= 11 is 11.7. The molecule has 8 heteroatoms. The van der Waals surface area contributed by atoms with Gasteiger partial charge in [-0.25, -0.2) is 4.39 Å². The molecule has 25 heavy (non-hydrogen) atoms. The third kappa shape index (κ3) is 5.09. The van der Waals surface area contributed by atoms with Gasteiger partial charge in [0.2, 0.25) is 5.91 Å². The fourth-order valence-electron chi connectivity index (χ4n) is 2.21. The Hall–Kier alpha value is -1.79. The zero-order valence-electron chi connectivity index (χ0n) is 13.0. The third-order valence-corrected chi connectivity index (χ3v) is 4.26. The summed E-state index contributed by atoms with van der Waals surface area (Å²) in [4.78, 5) is 13.5. The number of rotatable bonds is 4. The van der Waals surface area contributed by atoms with Crippen LogP contribution in [0.1, 0.15) is 16.7 Å². The van der Waals surface area contributed by atoms with Gasteiger partial charge < -0.3 is 4.90 Å². The Kier molecular flexibility index (Phi) is 5.95. The molecule has 0 aromatic heterocycles. The van der Waals surface area contributed by atoms with Crippen LogP contribution in [0.4, 0.5) is 17.6 Å². The molecule has 0 bridgehead atoms. The van der Waals surface area contributed by atoms with Crippen LogP contribution in [0.3, 0.4) is 0 Å². The highest BCUT2D eigenvalue weighted by Crippen LogP contribution is 2.32. The molecule has 0 saturated heterocycles. The molecule has 0 fully saturated rings. The first-order chi connectivity index (χ1) is 11.6. The van der Waals surface area contributed by atoms with Crippen molar-refractivity contribution < 1.29 is 22.4 Å². The number of hydrogen-bond donors (Lipinski definition) is 0. The van der Waals surface area contributed by atoms with Crippen LogP contribution in [-0.4, -0.2) is 17.9 Å². The molecule has 0 spiro atoms. The van der Waals surface area contributed by atoms with Gasteiger partial charge in [-0.2, -0.15) is 13.2 Å². The minimum atomic E-state index is -4.79. The lowest BCUT2D eigenvalue weighted by Crippen LogP contribution is -2.28. The van der Waals surface area contributed by atoms with Crippen LogP contribution in [-0.2, 0) is 23.9 Å². The number of amides is 1. The Labute approximate surface area is 152 Å². The third-order valence-electron chi connectivity index (χ3n) is 3.52. The molecule has 1 amide bonds. The standard InChI is InChI=1S/C17H13Cl2F4NO/c1-24(16(25)8-10-2-4-13(18)14(19)7-10)9-11-3-5-15(20)12(6-11)17(21,22)23/h2-7H,8-9H2,1H3. The normalized spacial score (nSPS) is 11.5. The minimum Gasteiger partial charge on any atom is -0.341 e. The number of likely N-dealkylation sites (N-methyl/N-ethyl adjacent to an activating group) is 1. The van der Waals surface area contributed by atoms with Gasteiger partial charge in [0.25, 0.3) is 0 Å². The molecule has 134 valence electrons. The maximum Gasteiger partial charge on any atom is 0.419 e. The zero-order chi connectivity index (χ0) is 18.8. The number of nitrogens with zero attached hydrogens (tertiary/aromatic N) is 1. The van der Waals surface area contributed by atoms with Crippen molar-refractivity contribution in [2.75, 3.05) is 7.05 Å². The second-order valence-electron chi connectivity index (χ2n) is 5.49. The number of carbonyl (C=O) groups excluding carboxylic acids is 1. The van der Waals surface area contributed by atoms with Crippen LogP contribution in [0.25, 0.3) is 0 Å². The second-order valence-corrected chi connectivity index (χ2v) is 6.30. The van der Waals surface area contributed by atoms with E-state index in [4.69, 9.17) is 23.2 Å². The summed E-state index contributed by atoms with van der Waals surface area (Å²) in [5, 5.41) is 0.667. The summed E-state index contributed by atoms with van der Waals surface area (Å²) in [6.07, 6.45) is -4.77. The number of alkyl halides is 3. The van der Waals surface area contributed by atoms with Gasteiger partial charge in [0.1, 0.15) is 5.82 Å². The molecule has 2 aromatic rings. The highest BCUT2D eigenvalue weighted by molar-refractivity contribution is 6.42. The fourth-order valence-corrected chi connectivity index (χ4v) is 2.53. The molecule has 2 aromatic carbocycles. The Balaban J connectivity index is 2.09. The number of benzene rings is 2. The summed E-state index contributed by atoms with van der Waals surface area (Å²) < 4.78 is 51.5. The molecular formula is C17H13Cl2F4NO. The van der Waals surface area contributed by atoms with Crippen molar-refractivity contribution in [2.45, 2.75) is 19.1 Å². The summed E-state index contributed by atoms with van der Waals surface area (Å²) in [7, 11) is 1.45. The summed E-state index contributed by atoms with van der Waals surface area (Å²) in [5.41, 5.74) is -0.546. The van der Waals surface area contributed by atoms with E-state index in [0.29, 0.717) is 21.7 Å². The Morgan fingerprint density at radius 3 is 2.28 bits per heavy atom. The van der Waals surface area contributed by atoms with E-state index in [9.17, 15) is 22.4 Å². The fraction of sp³-hybridized carbons (Fsp3) is 0.235. The van der Waals surface area contributed by atoms with Crippen LogP contribution >= 0.6 is 23.2 Å². The largest absolute Gasteiger partial charge is 0.419 e. The second kappa shape index (κ2) is 7.62. The van der Waals surface area contributed by atoms with Gasteiger partial charge in [0.15, 0.2) is 0 Å². The lowest BCUT2D eigenvalue weighted by atomic mass is 10.1. The van der Waals surface area contributed by atoms with Crippen LogP contribution < -0.4 is 0 Å². The topological polar surface area (TPSA) is 20.3 Å². The van der Waals surface area contributed by atoms with Crippen molar-refractivity contribution in [3.63, 3.8) is 0 Å². The van der Waals surface area contributed by atoms with E-state index in [1.807, 2.05) is 0 Å². The van der Waals surface area contributed by atoms with Crippen molar-refractivity contribution in [3.8, 4) is 0 Å². The monoisotopic (exact) mass is 393 g/mol. The van der Waals surface area contributed by atoms with Crippen molar-refractivity contribution in [2.24, 2.45) is 0 Å². The maximum atomic E-state index is 13.3. The molecule has 2 nitrogen and oxygen atoms in total. The van der Waals surface area contributed by atoms with Gasteiger partial charge in [0.05, 0.1) is 22.0 Å². The zero-order valence-corrected chi connectivity index (χ0v) is 14.5. The number of carbonyl (C=O) groups is 1. The lowest BCUT2D eigenvalue weighted by Gasteiger charge is -2.18. The van der Waals surface area contributed by atoms with Gasteiger partial charge in [-0.1, -0.05) is 35.3 Å². The first kappa shape index (κ1) is 19.5. The van der Waals surface area contributed by atoms with E-state index >= 15 is 0 Å². The average molecular weight is 394 g/mol. The summed E-state index contributed by atoms with van der Waals surface area (Å²) in [6, 6.07) is 7.41. The molecule has 0 heterocycles. The molecule has 0 aliphatic rings. The molecular weight excluding hydrogens is 381 g/mol. The van der Waals surface area contributed by atoms with Crippen molar-refractivity contribution in [3.05, 3.63) is 69.0 Å². The van der Waals surface area contributed by atoms with Crippen molar-refractivity contribution in [1.82, 2.24) is 4.90 Å². The highest BCUT2D eigenvalue weighted by Gasteiger charge is 2.34. The van der Waals surface area contributed by atoms with Crippen molar-refractivity contribution in [1.29, 1.82) is 0 Å². The smallest absolute Gasteiger partial charge is 0.341 e. The Morgan fingerprint density at radius 1 is 1.04 bits per heavy atom. The molecule has 0 aliphatic heterocycles. The summed E-state index contributed by atoms with van der Waals surface area (Å²) in [6.45, 7) is -0.0798. The molecule has 0 unspecified atom stereocenters. The van der Waals surface area contributed by atoms with E-state index in [2.05, 4.69) is 0 Å². The van der Waals surface area contributed by atoms with Crippen LogP contribution in [0.5, 0.6) is 0 Å². The quantitative estimate of drug-likeness (QED) is 0.640. The average Bonchev–Trinajstić information content (AvgIpc) is 2.51. The van der Waals surface area contributed by atoms with E-state index in [0.717, 1.165) is 6.07 Å². The highest BCUT2D eigenvalue weighted by atomic mass is 35.5. The Morgan fingerprint density at radius 2 is 1.68 bits per heavy atom. The first-order valence-electron chi connectivity index (χ1n) is 7.11. The molecule has 0 aliphatic carbocycles. The molecule has 0 saturated carbocycles. The Bertz CT molecular complexity index is 793. The molecule has 0 radical (unpaired) electrons. The van der Waals surface area contributed by atoms with E-state index < -0.39 is 17.6 Å². The van der Waals surface area contributed by atoms with Crippen molar-refractivity contribution >= 4 is 29.1 Å². The predicted molar refractivity (Wildman–Crippen MR) is 88.0 cm³/mol. The number of hydrogen-bond acceptors (Lipinski definition) is 1. The van der Waals surface area contributed by atoms with Gasteiger partial charge in [-0.3, -0.25) is 4.79 Å². The first-order valence-corrected chi connectivity index (χ1v) is 7.87. The van der Waals surface area contributed by atoms with Crippen LogP contribution in [0, 0.1) is 5.82 Å². The maximum absolute atomic E-state index is 13.3. The van der Waals surface area contributed by atoms with Gasteiger partial charge in [0, 0.05) is 13.6 Å². The minimum absolute atomic E-state index is 0.0146.